The number of ether oxygens (including phenoxy) is 1. The summed E-state index contributed by atoms with van der Waals surface area (Å²) < 4.78 is 31.1. The summed E-state index contributed by atoms with van der Waals surface area (Å²) in [7, 11) is -3.51. The summed E-state index contributed by atoms with van der Waals surface area (Å²) in [6.07, 6.45) is 0. The van der Waals surface area contributed by atoms with Gasteiger partial charge in [-0.25, -0.2) is 8.42 Å². The SMILES string of the molecule is CC(C)(C)c1ccc2c(c1)S(=O)(=O)c1ccccc1O2. The smallest absolute Gasteiger partial charge is 0.213 e. The Balaban J connectivity index is 2.26. The molecule has 2 aromatic carbocycles. The highest BCUT2D eigenvalue weighted by molar-refractivity contribution is 7.91. The van der Waals surface area contributed by atoms with Crippen molar-refractivity contribution in [2.75, 3.05) is 0 Å². The largest absolute Gasteiger partial charge is 0.455 e. The molecular weight excluding hydrogens is 272 g/mol. The first kappa shape index (κ1) is 13.2. The van der Waals surface area contributed by atoms with Crippen molar-refractivity contribution in [2.45, 2.75) is 36.0 Å². The van der Waals surface area contributed by atoms with Gasteiger partial charge in [-0.15, -0.1) is 0 Å². The number of para-hydroxylation sites is 1. The summed E-state index contributed by atoms with van der Waals surface area (Å²) in [5.41, 5.74) is 0.865. The van der Waals surface area contributed by atoms with Gasteiger partial charge in [0.2, 0.25) is 9.84 Å². The summed E-state index contributed by atoms with van der Waals surface area (Å²) in [6.45, 7) is 6.16. The highest BCUT2D eigenvalue weighted by atomic mass is 32.2. The van der Waals surface area contributed by atoms with E-state index in [0.29, 0.717) is 11.5 Å². The highest BCUT2D eigenvalue weighted by Gasteiger charge is 2.32. The van der Waals surface area contributed by atoms with Gasteiger partial charge in [0.15, 0.2) is 0 Å². The lowest BCUT2D eigenvalue weighted by Crippen LogP contribution is -2.15. The molecule has 0 spiro atoms. The predicted molar refractivity (Wildman–Crippen MR) is 77.1 cm³/mol. The number of sulfone groups is 1. The molecule has 1 aliphatic heterocycles. The molecule has 0 bridgehead atoms. The molecular formula is C16H16O3S. The first-order valence-electron chi connectivity index (χ1n) is 6.47. The van der Waals surface area contributed by atoms with Gasteiger partial charge in [-0.3, -0.25) is 0 Å². The molecule has 0 saturated heterocycles. The maximum Gasteiger partial charge on any atom is 0.213 e. The van der Waals surface area contributed by atoms with E-state index >= 15 is 0 Å². The van der Waals surface area contributed by atoms with E-state index in [2.05, 4.69) is 20.8 Å². The summed E-state index contributed by atoms with van der Waals surface area (Å²) in [6, 6.07) is 12.1. The zero-order valence-corrected chi connectivity index (χ0v) is 12.5. The lowest BCUT2D eigenvalue weighted by atomic mass is 9.87. The predicted octanol–water partition coefficient (Wildman–Crippen LogP) is 3.92. The Morgan fingerprint density at radius 3 is 2.25 bits per heavy atom. The second-order valence-electron chi connectivity index (χ2n) is 5.96. The highest BCUT2D eigenvalue weighted by Crippen LogP contribution is 2.43. The van der Waals surface area contributed by atoms with Gasteiger partial charge < -0.3 is 4.74 Å². The average Bonchev–Trinajstić information content (AvgIpc) is 2.37. The molecule has 0 amide bonds. The molecule has 2 aromatic rings. The molecule has 0 saturated carbocycles. The standard InChI is InChI=1S/C16H16O3S/c1-16(2,3)11-8-9-13-15(10-11)20(17,18)14-7-5-4-6-12(14)19-13/h4-10H,1-3H3. The van der Waals surface area contributed by atoms with Crippen LogP contribution in [0.4, 0.5) is 0 Å². The van der Waals surface area contributed by atoms with Crippen LogP contribution in [0, 0.1) is 0 Å². The molecule has 104 valence electrons. The van der Waals surface area contributed by atoms with Crippen molar-refractivity contribution in [2.24, 2.45) is 0 Å². The third-order valence-electron chi connectivity index (χ3n) is 3.46. The lowest BCUT2D eigenvalue weighted by molar-refractivity contribution is 0.441. The fourth-order valence-electron chi connectivity index (χ4n) is 2.26. The van der Waals surface area contributed by atoms with Crippen LogP contribution in [0.5, 0.6) is 11.5 Å². The second-order valence-corrected chi connectivity index (χ2v) is 7.85. The molecule has 4 heteroatoms. The molecule has 20 heavy (non-hydrogen) atoms. The molecule has 0 aliphatic carbocycles. The molecule has 0 atom stereocenters. The zero-order valence-electron chi connectivity index (χ0n) is 11.7. The van der Waals surface area contributed by atoms with Crippen molar-refractivity contribution in [1.29, 1.82) is 0 Å². The first-order valence-corrected chi connectivity index (χ1v) is 7.95. The Kier molecular flexibility index (Phi) is 2.70. The number of rotatable bonds is 0. The van der Waals surface area contributed by atoms with Crippen LogP contribution in [-0.2, 0) is 15.3 Å². The van der Waals surface area contributed by atoms with Gasteiger partial charge in [0.05, 0.1) is 0 Å². The number of hydrogen-bond donors (Lipinski definition) is 0. The van der Waals surface area contributed by atoms with Crippen LogP contribution in [0.1, 0.15) is 26.3 Å². The van der Waals surface area contributed by atoms with Crippen molar-refractivity contribution >= 4 is 9.84 Å². The van der Waals surface area contributed by atoms with E-state index in [0.717, 1.165) is 5.56 Å². The molecule has 0 radical (unpaired) electrons. The van der Waals surface area contributed by atoms with Crippen molar-refractivity contribution in [3.05, 3.63) is 48.0 Å². The number of fused-ring (bicyclic) bond motifs is 2. The monoisotopic (exact) mass is 288 g/mol. The van der Waals surface area contributed by atoms with E-state index in [9.17, 15) is 8.42 Å². The summed E-state index contributed by atoms with van der Waals surface area (Å²) in [4.78, 5) is 0.488. The fourth-order valence-corrected chi connectivity index (χ4v) is 3.79. The van der Waals surface area contributed by atoms with Crippen molar-refractivity contribution in [3.8, 4) is 11.5 Å². The van der Waals surface area contributed by atoms with Crippen molar-refractivity contribution < 1.29 is 13.2 Å². The average molecular weight is 288 g/mol. The zero-order chi connectivity index (χ0) is 14.5. The third-order valence-corrected chi connectivity index (χ3v) is 5.27. The Hall–Kier alpha value is -1.81. The normalized spacial score (nSPS) is 15.9. The second kappa shape index (κ2) is 4.09. The van der Waals surface area contributed by atoms with Crippen LogP contribution in [0.2, 0.25) is 0 Å². The maximum absolute atomic E-state index is 12.7. The van der Waals surface area contributed by atoms with Crippen LogP contribution in [0.3, 0.4) is 0 Å². The number of hydrogen-bond acceptors (Lipinski definition) is 3. The summed E-state index contributed by atoms with van der Waals surface area (Å²) in [5.74, 6) is 0.792. The summed E-state index contributed by atoms with van der Waals surface area (Å²) in [5, 5.41) is 0. The van der Waals surface area contributed by atoms with Gasteiger partial charge in [0.1, 0.15) is 21.3 Å². The van der Waals surface area contributed by atoms with Gasteiger partial charge in [0, 0.05) is 0 Å². The minimum absolute atomic E-state index is 0.110. The molecule has 0 aromatic heterocycles. The van der Waals surface area contributed by atoms with E-state index in [4.69, 9.17) is 4.74 Å². The van der Waals surface area contributed by atoms with Crippen molar-refractivity contribution in [1.82, 2.24) is 0 Å². The van der Waals surface area contributed by atoms with Gasteiger partial charge in [-0.1, -0.05) is 39.0 Å². The third kappa shape index (κ3) is 1.91. The quantitative estimate of drug-likeness (QED) is 0.629. The minimum atomic E-state index is -3.51. The minimum Gasteiger partial charge on any atom is -0.455 e. The fraction of sp³-hybridized carbons (Fsp3) is 0.250. The van der Waals surface area contributed by atoms with Gasteiger partial charge in [-0.2, -0.15) is 0 Å². The van der Waals surface area contributed by atoms with E-state index in [1.165, 1.54) is 0 Å². The number of benzene rings is 2. The molecule has 3 rings (SSSR count). The van der Waals surface area contributed by atoms with Crippen LogP contribution >= 0.6 is 0 Å². The van der Waals surface area contributed by atoms with E-state index in [1.807, 2.05) is 6.07 Å². The topological polar surface area (TPSA) is 43.4 Å². The maximum atomic E-state index is 12.7. The van der Waals surface area contributed by atoms with Crippen molar-refractivity contribution in [3.63, 3.8) is 0 Å². The van der Waals surface area contributed by atoms with Crippen LogP contribution in [0.15, 0.2) is 52.3 Å². The van der Waals surface area contributed by atoms with Gasteiger partial charge >= 0.3 is 0 Å². The Morgan fingerprint density at radius 1 is 0.900 bits per heavy atom. The molecule has 0 unspecified atom stereocenters. The Morgan fingerprint density at radius 2 is 1.55 bits per heavy atom. The molecule has 1 heterocycles. The molecule has 3 nitrogen and oxygen atoms in total. The van der Waals surface area contributed by atoms with E-state index < -0.39 is 9.84 Å². The van der Waals surface area contributed by atoms with Crippen LogP contribution < -0.4 is 4.74 Å². The molecule has 0 N–H and O–H groups in total. The van der Waals surface area contributed by atoms with Gasteiger partial charge in [-0.05, 0) is 35.2 Å². The van der Waals surface area contributed by atoms with E-state index in [-0.39, 0.29) is 15.2 Å². The van der Waals surface area contributed by atoms with E-state index in [1.54, 1.807) is 36.4 Å². The lowest BCUT2D eigenvalue weighted by Gasteiger charge is -2.24. The Bertz CT molecular complexity index is 784. The molecule has 0 fully saturated rings. The van der Waals surface area contributed by atoms with Crippen LogP contribution in [-0.4, -0.2) is 8.42 Å². The Labute approximate surface area is 119 Å². The van der Waals surface area contributed by atoms with Gasteiger partial charge in [0.25, 0.3) is 0 Å². The summed E-state index contributed by atoms with van der Waals surface area (Å²) >= 11 is 0. The first-order chi connectivity index (χ1) is 9.30. The van der Waals surface area contributed by atoms with Crippen LogP contribution in [0.25, 0.3) is 0 Å². The molecule has 1 aliphatic rings.